The molecule has 132 valence electrons. The maximum Gasteiger partial charge on any atom is 0.231 e. The highest BCUT2D eigenvalue weighted by Crippen LogP contribution is 2.39. The summed E-state index contributed by atoms with van der Waals surface area (Å²) in [5.41, 5.74) is 1.98. The van der Waals surface area contributed by atoms with E-state index >= 15 is 0 Å². The Morgan fingerprint density at radius 2 is 2.15 bits per heavy atom. The fourth-order valence-corrected chi connectivity index (χ4v) is 3.75. The van der Waals surface area contributed by atoms with Gasteiger partial charge in [-0.15, -0.1) is 5.10 Å². The van der Waals surface area contributed by atoms with Crippen molar-refractivity contribution in [1.29, 1.82) is 0 Å². The predicted octanol–water partition coefficient (Wildman–Crippen LogP) is 4.50. The molecular formula is C17H13ClN4O2S2. The molecule has 0 aliphatic carbocycles. The molecule has 4 rings (SSSR count). The van der Waals surface area contributed by atoms with Gasteiger partial charge in [0.2, 0.25) is 16.7 Å². The highest BCUT2D eigenvalue weighted by atomic mass is 35.5. The first-order valence-corrected chi connectivity index (χ1v) is 9.45. The second-order valence-corrected chi connectivity index (χ2v) is 7.11. The average molecular weight is 405 g/mol. The maximum absolute atomic E-state index is 6.20. The van der Waals surface area contributed by atoms with Crippen LogP contribution in [0.5, 0.6) is 11.5 Å². The van der Waals surface area contributed by atoms with E-state index in [1.54, 1.807) is 28.7 Å². The number of aromatic amines is 1. The van der Waals surface area contributed by atoms with Crippen LogP contribution in [-0.4, -0.2) is 27.9 Å². The zero-order valence-electron chi connectivity index (χ0n) is 13.4. The summed E-state index contributed by atoms with van der Waals surface area (Å²) < 4.78 is 12.7. The standard InChI is InChI=1S/C17H13ClN4O2S2/c18-13-6-12(7-14-15(13)24-10-23-14)8-19-22-16(25)20-21-17(22)26-9-11-4-2-1-3-5-11/h1-8H,9-10H2,(H,20,25)/b19-8-. The zero-order valence-corrected chi connectivity index (χ0v) is 15.8. The summed E-state index contributed by atoms with van der Waals surface area (Å²) in [5.74, 6) is 1.93. The van der Waals surface area contributed by atoms with E-state index in [0.29, 0.717) is 26.4 Å². The number of nitrogens with one attached hydrogen (secondary N) is 1. The summed E-state index contributed by atoms with van der Waals surface area (Å²) >= 11 is 13.0. The van der Waals surface area contributed by atoms with Gasteiger partial charge in [-0.05, 0) is 35.5 Å². The van der Waals surface area contributed by atoms with Crippen LogP contribution in [0, 0.1) is 4.77 Å². The van der Waals surface area contributed by atoms with Gasteiger partial charge >= 0.3 is 0 Å². The molecule has 3 aromatic rings. The third-order valence-electron chi connectivity index (χ3n) is 3.60. The molecule has 9 heteroatoms. The Morgan fingerprint density at radius 3 is 3.00 bits per heavy atom. The van der Waals surface area contributed by atoms with E-state index in [0.717, 1.165) is 11.3 Å². The lowest BCUT2D eigenvalue weighted by molar-refractivity contribution is 0.174. The lowest BCUT2D eigenvalue weighted by atomic mass is 10.2. The number of ether oxygens (including phenoxy) is 2. The van der Waals surface area contributed by atoms with Gasteiger partial charge in [0.25, 0.3) is 0 Å². The van der Waals surface area contributed by atoms with E-state index in [2.05, 4.69) is 27.4 Å². The van der Waals surface area contributed by atoms with E-state index in [4.69, 9.17) is 33.3 Å². The molecule has 1 aliphatic heterocycles. The van der Waals surface area contributed by atoms with Gasteiger partial charge in [0.1, 0.15) is 0 Å². The molecule has 2 heterocycles. The third-order valence-corrected chi connectivity index (χ3v) is 5.15. The first kappa shape index (κ1) is 17.1. The van der Waals surface area contributed by atoms with Gasteiger partial charge in [-0.2, -0.15) is 9.78 Å². The lowest BCUT2D eigenvalue weighted by Gasteiger charge is -2.02. The van der Waals surface area contributed by atoms with Crippen LogP contribution in [0.4, 0.5) is 0 Å². The van der Waals surface area contributed by atoms with Crippen LogP contribution in [0.1, 0.15) is 11.1 Å². The number of hydrogen-bond acceptors (Lipinski definition) is 6. The van der Waals surface area contributed by atoms with Crippen LogP contribution in [0.2, 0.25) is 5.02 Å². The highest BCUT2D eigenvalue weighted by Gasteiger charge is 2.17. The molecule has 1 aromatic heterocycles. The maximum atomic E-state index is 6.20. The van der Waals surface area contributed by atoms with E-state index < -0.39 is 0 Å². The summed E-state index contributed by atoms with van der Waals surface area (Å²) in [4.78, 5) is 0. The van der Waals surface area contributed by atoms with Crippen molar-refractivity contribution in [2.75, 3.05) is 6.79 Å². The lowest BCUT2D eigenvalue weighted by Crippen LogP contribution is -1.94. The van der Waals surface area contributed by atoms with Crippen molar-refractivity contribution >= 4 is 41.8 Å². The summed E-state index contributed by atoms with van der Waals surface area (Å²) in [5, 5.41) is 12.6. The van der Waals surface area contributed by atoms with Gasteiger partial charge in [0.05, 0.1) is 11.2 Å². The number of H-pyrrole nitrogens is 1. The van der Waals surface area contributed by atoms with Gasteiger partial charge in [-0.3, -0.25) is 0 Å². The number of benzene rings is 2. The van der Waals surface area contributed by atoms with E-state index in [1.165, 1.54) is 5.56 Å². The number of aromatic nitrogens is 3. The molecule has 6 nitrogen and oxygen atoms in total. The molecule has 0 saturated carbocycles. The van der Waals surface area contributed by atoms with Gasteiger partial charge in [-0.25, -0.2) is 5.10 Å². The minimum atomic E-state index is 0.169. The van der Waals surface area contributed by atoms with Crippen molar-refractivity contribution in [3.8, 4) is 11.5 Å². The molecule has 1 N–H and O–H groups in total. The summed E-state index contributed by atoms with van der Waals surface area (Å²) in [7, 11) is 0. The van der Waals surface area contributed by atoms with Gasteiger partial charge in [-0.1, -0.05) is 53.7 Å². The van der Waals surface area contributed by atoms with Gasteiger partial charge in [0.15, 0.2) is 11.5 Å². The number of halogens is 1. The molecule has 0 fully saturated rings. The molecule has 0 atom stereocenters. The number of fused-ring (bicyclic) bond motifs is 1. The number of hydrogen-bond donors (Lipinski definition) is 1. The number of thioether (sulfide) groups is 1. The van der Waals surface area contributed by atoms with Crippen molar-refractivity contribution in [1.82, 2.24) is 14.9 Å². The normalized spacial score (nSPS) is 12.8. The molecule has 26 heavy (non-hydrogen) atoms. The van der Waals surface area contributed by atoms with Crippen molar-refractivity contribution in [2.45, 2.75) is 10.9 Å². The van der Waals surface area contributed by atoms with Crippen LogP contribution in [0.25, 0.3) is 0 Å². The monoisotopic (exact) mass is 404 g/mol. The Labute approximate surface area is 163 Å². The smallest absolute Gasteiger partial charge is 0.231 e. The molecule has 0 radical (unpaired) electrons. The van der Waals surface area contributed by atoms with Crippen LogP contribution in [-0.2, 0) is 5.75 Å². The molecule has 0 amide bonds. The fourth-order valence-electron chi connectivity index (χ4n) is 2.38. The minimum Gasteiger partial charge on any atom is -0.454 e. The Hall–Kier alpha value is -2.29. The third kappa shape index (κ3) is 3.62. The molecule has 1 aliphatic rings. The zero-order chi connectivity index (χ0) is 17.9. The predicted molar refractivity (Wildman–Crippen MR) is 104 cm³/mol. The topological polar surface area (TPSA) is 64.4 Å². The second-order valence-electron chi connectivity index (χ2n) is 5.38. The number of rotatable bonds is 5. The van der Waals surface area contributed by atoms with Gasteiger partial charge < -0.3 is 9.47 Å². The molecule has 0 unspecified atom stereocenters. The Kier molecular flexibility index (Phi) is 4.96. The minimum absolute atomic E-state index is 0.169. The Balaban J connectivity index is 1.55. The van der Waals surface area contributed by atoms with Crippen molar-refractivity contribution in [3.63, 3.8) is 0 Å². The largest absolute Gasteiger partial charge is 0.454 e. The summed E-state index contributed by atoms with van der Waals surface area (Å²) in [6.45, 7) is 0.169. The van der Waals surface area contributed by atoms with Crippen LogP contribution in [0.15, 0.2) is 52.7 Å². The van der Waals surface area contributed by atoms with Crippen molar-refractivity contribution < 1.29 is 9.47 Å². The molecular weight excluding hydrogens is 392 g/mol. The Morgan fingerprint density at radius 1 is 1.31 bits per heavy atom. The quantitative estimate of drug-likeness (QED) is 0.385. The van der Waals surface area contributed by atoms with Crippen molar-refractivity contribution in [3.05, 3.63) is 63.4 Å². The Bertz CT molecular complexity index is 1020. The summed E-state index contributed by atoms with van der Waals surface area (Å²) in [6, 6.07) is 13.7. The highest BCUT2D eigenvalue weighted by molar-refractivity contribution is 7.98. The molecule has 0 saturated heterocycles. The first-order chi connectivity index (χ1) is 12.7. The van der Waals surface area contributed by atoms with Crippen molar-refractivity contribution in [2.24, 2.45) is 5.10 Å². The van der Waals surface area contributed by atoms with Crippen LogP contribution >= 0.6 is 35.6 Å². The van der Waals surface area contributed by atoms with E-state index in [-0.39, 0.29) is 6.79 Å². The van der Waals surface area contributed by atoms with Crippen LogP contribution < -0.4 is 9.47 Å². The molecule has 0 bridgehead atoms. The molecule has 0 spiro atoms. The average Bonchev–Trinajstić information content (AvgIpc) is 3.26. The number of nitrogens with zero attached hydrogens (tertiary/aromatic N) is 3. The van der Waals surface area contributed by atoms with E-state index in [9.17, 15) is 0 Å². The SMILES string of the molecule is S=c1[nH]nc(SCc2ccccc2)n1/N=C\c1cc(Cl)c2c(c1)OCO2. The first-order valence-electron chi connectivity index (χ1n) is 7.68. The second kappa shape index (κ2) is 7.53. The molecule has 2 aromatic carbocycles. The van der Waals surface area contributed by atoms with Gasteiger partial charge in [0, 0.05) is 5.75 Å². The van der Waals surface area contributed by atoms with Crippen LogP contribution in [0.3, 0.4) is 0 Å². The summed E-state index contributed by atoms with van der Waals surface area (Å²) in [6.07, 6.45) is 1.66. The fraction of sp³-hybridized carbons (Fsp3) is 0.118. The van der Waals surface area contributed by atoms with E-state index in [1.807, 2.05) is 24.3 Å².